The van der Waals surface area contributed by atoms with Crippen LogP contribution in [0.2, 0.25) is 0 Å². The number of β-amino-alcohol motifs (C(OH)–C–C–N with tert-alkyl or cyclic N) is 1. The molecule has 11 heavy (non-hydrogen) atoms. The minimum absolute atomic E-state index is 0.253. The molecule has 5 heteroatoms. The highest BCUT2D eigenvalue weighted by atomic mass is 16.3. The van der Waals surface area contributed by atoms with Gasteiger partial charge in [0.2, 0.25) is 0 Å². The van der Waals surface area contributed by atoms with Crippen molar-refractivity contribution in [3.63, 3.8) is 0 Å². The number of hydrogen-bond acceptors (Lipinski definition) is 5. The van der Waals surface area contributed by atoms with Crippen LogP contribution in [0.5, 0.6) is 0 Å². The molecule has 1 saturated heterocycles. The molecule has 0 aromatic heterocycles. The molecule has 1 rings (SSSR count). The number of hydrogen-bond donors (Lipinski definition) is 5. The molecule has 0 aliphatic carbocycles. The molecule has 5 nitrogen and oxygen atoms in total. The molecule has 1 heterocycles. The van der Waals surface area contributed by atoms with Crippen molar-refractivity contribution in [3.05, 3.63) is 0 Å². The first-order valence-electron chi connectivity index (χ1n) is 3.55. The molecule has 5 N–H and O–H groups in total. The molecule has 0 amide bonds. The molecular formula is C6H13NO4. The van der Waals surface area contributed by atoms with Crippen molar-refractivity contribution in [3.8, 4) is 0 Å². The topological polar surface area (TPSA) is 93.0 Å². The summed E-state index contributed by atoms with van der Waals surface area (Å²) in [5.74, 6) is 0. The zero-order valence-electron chi connectivity index (χ0n) is 6.01. The van der Waals surface area contributed by atoms with Gasteiger partial charge in [0, 0.05) is 6.54 Å². The predicted molar refractivity (Wildman–Crippen MR) is 36.9 cm³/mol. The Balaban J connectivity index is 2.47. The van der Waals surface area contributed by atoms with Gasteiger partial charge in [-0.2, -0.15) is 0 Å². The molecule has 0 spiro atoms. The van der Waals surface area contributed by atoms with Gasteiger partial charge in [-0.15, -0.1) is 0 Å². The zero-order valence-corrected chi connectivity index (χ0v) is 6.01. The van der Waals surface area contributed by atoms with Crippen molar-refractivity contribution in [2.24, 2.45) is 0 Å². The Morgan fingerprint density at radius 2 is 2.09 bits per heavy atom. The van der Waals surface area contributed by atoms with E-state index in [1.807, 2.05) is 0 Å². The van der Waals surface area contributed by atoms with Crippen molar-refractivity contribution < 1.29 is 20.4 Å². The summed E-state index contributed by atoms with van der Waals surface area (Å²) in [4.78, 5) is 0. The van der Waals surface area contributed by atoms with E-state index in [2.05, 4.69) is 5.32 Å². The van der Waals surface area contributed by atoms with Crippen LogP contribution in [-0.2, 0) is 0 Å². The standard InChI is InChI=1S/C6H13NO4/c8-2-4(10)5-6(11)3(9)1-7-5/h3-11H,1-2H2/t3?,4?,5-,6?/m1/s1. The van der Waals surface area contributed by atoms with E-state index in [-0.39, 0.29) is 6.54 Å². The average molecular weight is 163 g/mol. The SMILES string of the molecule is OCC(O)[C@H]1NCC(O)C1O. The summed E-state index contributed by atoms with van der Waals surface area (Å²) < 4.78 is 0. The fourth-order valence-corrected chi connectivity index (χ4v) is 1.21. The van der Waals surface area contributed by atoms with E-state index in [1.54, 1.807) is 0 Å². The summed E-state index contributed by atoms with van der Waals surface area (Å²) in [6.45, 7) is -0.162. The van der Waals surface area contributed by atoms with Crippen LogP contribution in [0.3, 0.4) is 0 Å². The number of aliphatic hydroxyl groups is 4. The second-order valence-corrected chi connectivity index (χ2v) is 2.74. The first-order valence-corrected chi connectivity index (χ1v) is 3.55. The van der Waals surface area contributed by atoms with Gasteiger partial charge in [-0.1, -0.05) is 0 Å². The molecule has 66 valence electrons. The van der Waals surface area contributed by atoms with Crippen LogP contribution < -0.4 is 5.32 Å². The van der Waals surface area contributed by atoms with Gasteiger partial charge < -0.3 is 25.7 Å². The van der Waals surface area contributed by atoms with Crippen LogP contribution in [0.25, 0.3) is 0 Å². The van der Waals surface area contributed by atoms with Crippen molar-refractivity contribution in [2.45, 2.75) is 24.4 Å². The van der Waals surface area contributed by atoms with Gasteiger partial charge in [0.15, 0.2) is 0 Å². The molecule has 0 aromatic rings. The summed E-state index contributed by atoms with van der Waals surface area (Å²) >= 11 is 0. The summed E-state index contributed by atoms with van der Waals surface area (Å²) in [7, 11) is 0. The summed E-state index contributed by atoms with van der Waals surface area (Å²) in [5, 5.41) is 38.5. The molecule has 3 unspecified atom stereocenters. The number of nitrogens with one attached hydrogen (secondary N) is 1. The van der Waals surface area contributed by atoms with Crippen molar-refractivity contribution in [2.75, 3.05) is 13.2 Å². The second-order valence-electron chi connectivity index (χ2n) is 2.74. The Labute approximate surface area is 64.3 Å². The van der Waals surface area contributed by atoms with Gasteiger partial charge in [-0.3, -0.25) is 0 Å². The number of aliphatic hydroxyl groups excluding tert-OH is 4. The maximum Gasteiger partial charge on any atom is 0.0990 e. The van der Waals surface area contributed by atoms with E-state index in [0.717, 1.165) is 0 Å². The largest absolute Gasteiger partial charge is 0.394 e. The summed E-state index contributed by atoms with van der Waals surface area (Å²) in [5.41, 5.74) is 0. The van der Waals surface area contributed by atoms with Crippen molar-refractivity contribution in [1.82, 2.24) is 5.32 Å². The van der Waals surface area contributed by atoms with E-state index in [4.69, 9.17) is 15.3 Å². The minimum atomic E-state index is -1.01. The van der Waals surface area contributed by atoms with Crippen LogP contribution in [0.15, 0.2) is 0 Å². The highest BCUT2D eigenvalue weighted by molar-refractivity contribution is 4.94. The third-order valence-corrected chi connectivity index (χ3v) is 1.93. The normalized spacial score (nSPS) is 40.9. The second kappa shape index (κ2) is 3.46. The van der Waals surface area contributed by atoms with Crippen LogP contribution in [0, 0.1) is 0 Å². The van der Waals surface area contributed by atoms with E-state index < -0.39 is 31.0 Å². The van der Waals surface area contributed by atoms with Crippen molar-refractivity contribution >= 4 is 0 Å². The Kier molecular flexibility index (Phi) is 2.80. The van der Waals surface area contributed by atoms with Gasteiger partial charge in [-0.05, 0) is 0 Å². The number of rotatable bonds is 2. The lowest BCUT2D eigenvalue weighted by Gasteiger charge is -2.19. The Morgan fingerprint density at radius 1 is 1.45 bits per heavy atom. The Hall–Kier alpha value is -0.200. The Bertz CT molecular complexity index is 132. The average Bonchev–Trinajstić information content (AvgIpc) is 2.32. The molecule has 1 aliphatic rings. The van der Waals surface area contributed by atoms with Crippen LogP contribution in [0.4, 0.5) is 0 Å². The fraction of sp³-hybridized carbons (Fsp3) is 1.00. The van der Waals surface area contributed by atoms with Gasteiger partial charge in [-0.25, -0.2) is 0 Å². The van der Waals surface area contributed by atoms with E-state index in [0.29, 0.717) is 0 Å². The van der Waals surface area contributed by atoms with Crippen LogP contribution in [-0.4, -0.2) is 57.9 Å². The quantitative estimate of drug-likeness (QED) is 0.300. The summed E-state index contributed by atoms with van der Waals surface area (Å²) in [6, 6.07) is -0.616. The Morgan fingerprint density at radius 3 is 2.45 bits per heavy atom. The minimum Gasteiger partial charge on any atom is -0.394 e. The third-order valence-electron chi connectivity index (χ3n) is 1.93. The van der Waals surface area contributed by atoms with E-state index in [9.17, 15) is 5.11 Å². The highest BCUT2D eigenvalue weighted by Gasteiger charge is 2.36. The van der Waals surface area contributed by atoms with E-state index in [1.165, 1.54) is 0 Å². The molecule has 1 fully saturated rings. The highest BCUT2D eigenvalue weighted by Crippen LogP contribution is 2.10. The van der Waals surface area contributed by atoms with E-state index >= 15 is 0 Å². The molecule has 0 aromatic carbocycles. The van der Waals surface area contributed by atoms with Gasteiger partial charge in [0.25, 0.3) is 0 Å². The molecule has 0 saturated carbocycles. The monoisotopic (exact) mass is 163 g/mol. The first kappa shape index (κ1) is 8.89. The molecule has 1 aliphatic heterocycles. The lowest BCUT2D eigenvalue weighted by Crippen LogP contribution is -2.44. The summed E-state index contributed by atoms with van der Waals surface area (Å²) in [6.07, 6.45) is -2.85. The van der Waals surface area contributed by atoms with Gasteiger partial charge in [0.05, 0.1) is 31.0 Å². The maximum atomic E-state index is 9.18. The molecule has 0 radical (unpaired) electrons. The lowest BCUT2D eigenvalue weighted by atomic mass is 10.1. The smallest absolute Gasteiger partial charge is 0.0990 e. The van der Waals surface area contributed by atoms with Crippen LogP contribution in [0.1, 0.15) is 0 Å². The predicted octanol–water partition coefficient (Wildman–Crippen LogP) is -2.97. The first-order chi connectivity index (χ1) is 5.16. The maximum absolute atomic E-state index is 9.18. The zero-order chi connectivity index (χ0) is 8.43. The van der Waals surface area contributed by atoms with Crippen molar-refractivity contribution in [1.29, 1.82) is 0 Å². The fourth-order valence-electron chi connectivity index (χ4n) is 1.21. The molecule has 4 atom stereocenters. The molecule has 0 bridgehead atoms. The van der Waals surface area contributed by atoms with Crippen LogP contribution >= 0.6 is 0 Å². The van der Waals surface area contributed by atoms with Gasteiger partial charge in [0.1, 0.15) is 0 Å². The third kappa shape index (κ3) is 1.69. The van der Waals surface area contributed by atoms with Gasteiger partial charge >= 0.3 is 0 Å². The lowest BCUT2D eigenvalue weighted by molar-refractivity contribution is -0.00977. The molecular weight excluding hydrogens is 150 g/mol.